The van der Waals surface area contributed by atoms with Crippen LogP contribution < -0.4 is 0 Å². The topological polar surface area (TPSA) is 21.7 Å². The summed E-state index contributed by atoms with van der Waals surface area (Å²) in [7, 11) is 0. The monoisotopic (exact) mass is 279 g/mol. The molecule has 0 unspecified atom stereocenters. The van der Waals surface area contributed by atoms with Gasteiger partial charge in [0.1, 0.15) is 0 Å². The number of hydrogen-bond acceptors (Lipinski definition) is 3. The van der Waals surface area contributed by atoms with Crippen LogP contribution in [-0.4, -0.2) is 43.5 Å². The smallest absolute Gasteiger partial charge is 0.161 e. The molecule has 1 aliphatic carbocycles. The quantitative estimate of drug-likeness (QED) is 0.741. The molecule has 3 nitrogen and oxygen atoms in total. The summed E-state index contributed by atoms with van der Waals surface area (Å²) < 4.78 is 12.3. The maximum atomic E-state index is 6.25. The molecule has 3 aliphatic rings. The summed E-state index contributed by atoms with van der Waals surface area (Å²) in [6, 6.07) is 0. The van der Waals surface area contributed by atoms with Crippen molar-refractivity contribution in [2.75, 3.05) is 26.2 Å². The third-order valence-corrected chi connectivity index (χ3v) is 5.20. The van der Waals surface area contributed by atoms with Crippen LogP contribution in [-0.2, 0) is 9.47 Å². The molecular formula is C17H29NO2. The summed E-state index contributed by atoms with van der Waals surface area (Å²) >= 11 is 0. The SMILES string of the molecule is CC1=C[C@H](C)[C@H]([C@@H]2OC[C@@H](CN3CCCC3)O2)[C@@H](C)C1. The van der Waals surface area contributed by atoms with Gasteiger partial charge in [-0.3, -0.25) is 0 Å². The Kier molecular flexibility index (Phi) is 4.49. The second kappa shape index (κ2) is 6.17. The van der Waals surface area contributed by atoms with Gasteiger partial charge in [-0.05, 0) is 51.1 Å². The van der Waals surface area contributed by atoms with Gasteiger partial charge in [-0.25, -0.2) is 0 Å². The second-order valence-corrected chi connectivity index (χ2v) is 7.10. The van der Waals surface area contributed by atoms with Crippen molar-refractivity contribution in [3.8, 4) is 0 Å². The second-order valence-electron chi connectivity index (χ2n) is 7.10. The van der Waals surface area contributed by atoms with E-state index in [9.17, 15) is 0 Å². The van der Waals surface area contributed by atoms with E-state index >= 15 is 0 Å². The van der Waals surface area contributed by atoms with Crippen LogP contribution in [0.3, 0.4) is 0 Å². The third kappa shape index (κ3) is 3.10. The fourth-order valence-corrected chi connectivity index (χ4v) is 4.33. The molecule has 2 saturated heterocycles. The molecule has 0 bridgehead atoms. The summed E-state index contributed by atoms with van der Waals surface area (Å²) in [5.74, 6) is 1.74. The predicted octanol–water partition coefficient (Wildman–Crippen LogP) is 3.06. The first-order valence-electron chi connectivity index (χ1n) is 8.30. The highest BCUT2D eigenvalue weighted by Gasteiger charge is 2.40. The molecule has 0 aromatic heterocycles. The average molecular weight is 279 g/mol. The molecule has 2 aliphatic heterocycles. The molecule has 0 saturated carbocycles. The van der Waals surface area contributed by atoms with Crippen LogP contribution in [0.5, 0.6) is 0 Å². The van der Waals surface area contributed by atoms with Crippen molar-refractivity contribution in [2.45, 2.75) is 52.4 Å². The number of likely N-dealkylation sites (tertiary alicyclic amines) is 1. The normalized spacial score (nSPS) is 43.0. The first-order chi connectivity index (χ1) is 9.63. The van der Waals surface area contributed by atoms with E-state index < -0.39 is 0 Å². The molecule has 20 heavy (non-hydrogen) atoms. The largest absolute Gasteiger partial charge is 0.350 e. The lowest BCUT2D eigenvalue weighted by atomic mass is 9.74. The molecule has 3 rings (SSSR count). The van der Waals surface area contributed by atoms with Crippen LogP contribution in [0, 0.1) is 17.8 Å². The first-order valence-corrected chi connectivity index (χ1v) is 8.30. The van der Waals surface area contributed by atoms with Gasteiger partial charge in [-0.2, -0.15) is 0 Å². The van der Waals surface area contributed by atoms with Gasteiger partial charge in [0.05, 0.1) is 12.7 Å². The summed E-state index contributed by atoms with van der Waals surface area (Å²) in [4.78, 5) is 2.52. The Morgan fingerprint density at radius 3 is 2.70 bits per heavy atom. The van der Waals surface area contributed by atoms with E-state index in [4.69, 9.17) is 9.47 Å². The van der Waals surface area contributed by atoms with Gasteiger partial charge in [0.15, 0.2) is 6.29 Å². The van der Waals surface area contributed by atoms with Gasteiger partial charge in [0.25, 0.3) is 0 Å². The lowest BCUT2D eigenvalue weighted by molar-refractivity contribution is -0.123. The van der Waals surface area contributed by atoms with Crippen molar-refractivity contribution in [3.63, 3.8) is 0 Å². The summed E-state index contributed by atoms with van der Waals surface area (Å²) in [6.07, 6.45) is 6.58. The molecule has 0 spiro atoms. The number of hydrogen-bond donors (Lipinski definition) is 0. The summed E-state index contributed by atoms with van der Waals surface area (Å²) in [6.45, 7) is 11.2. The molecule has 3 heteroatoms. The summed E-state index contributed by atoms with van der Waals surface area (Å²) in [5.41, 5.74) is 1.52. The van der Waals surface area contributed by atoms with E-state index in [-0.39, 0.29) is 12.4 Å². The first kappa shape index (κ1) is 14.6. The Balaban J connectivity index is 1.56. The molecule has 0 aromatic rings. The molecule has 0 aromatic carbocycles. The van der Waals surface area contributed by atoms with Crippen LogP contribution in [0.4, 0.5) is 0 Å². The molecule has 0 radical (unpaired) electrons. The van der Waals surface area contributed by atoms with Crippen molar-refractivity contribution in [2.24, 2.45) is 17.8 Å². The fourth-order valence-electron chi connectivity index (χ4n) is 4.33. The summed E-state index contributed by atoms with van der Waals surface area (Å²) in [5, 5.41) is 0. The minimum atomic E-state index is 0.0111. The lowest BCUT2D eigenvalue weighted by Gasteiger charge is -2.36. The standard InChI is InChI=1S/C17H29NO2/c1-12-8-13(2)16(14(3)9-12)17-19-11-15(20-17)10-18-6-4-5-7-18/h8,13-17H,4-7,9-11H2,1-3H3/t13-,14-,15+,16-,17+/m0/s1. The van der Waals surface area contributed by atoms with Crippen molar-refractivity contribution < 1.29 is 9.47 Å². The number of rotatable bonds is 3. The van der Waals surface area contributed by atoms with Crippen LogP contribution in [0.25, 0.3) is 0 Å². The van der Waals surface area contributed by atoms with Crippen LogP contribution in [0.2, 0.25) is 0 Å². The molecule has 5 atom stereocenters. The zero-order valence-electron chi connectivity index (χ0n) is 13.2. The fraction of sp³-hybridized carbons (Fsp3) is 0.882. The maximum absolute atomic E-state index is 6.25. The van der Waals surface area contributed by atoms with Gasteiger partial charge in [-0.15, -0.1) is 0 Å². The molecular weight excluding hydrogens is 250 g/mol. The zero-order chi connectivity index (χ0) is 14.1. The van der Waals surface area contributed by atoms with Gasteiger partial charge < -0.3 is 14.4 Å². The van der Waals surface area contributed by atoms with Crippen LogP contribution in [0.1, 0.15) is 40.0 Å². The highest BCUT2D eigenvalue weighted by Crippen LogP contribution is 2.39. The third-order valence-electron chi connectivity index (χ3n) is 5.20. The van der Waals surface area contributed by atoms with Crippen LogP contribution >= 0.6 is 0 Å². The van der Waals surface area contributed by atoms with Gasteiger partial charge >= 0.3 is 0 Å². The van der Waals surface area contributed by atoms with Gasteiger partial charge in [0, 0.05) is 12.5 Å². The van der Waals surface area contributed by atoms with E-state index in [2.05, 4.69) is 31.7 Å². The number of ether oxygens (including phenoxy) is 2. The van der Waals surface area contributed by atoms with E-state index in [0.29, 0.717) is 17.8 Å². The highest BCUT2D eigenvalue weighted by molar-refractivity contribution is 5.09. The van der Waals surface area contributed by atoms with Crippen molar-refractivity contribution in [1.29, 1.82) is 0 Å². The van der Waals surface area contributed by atoms with E-state index in [1.54, 1.807) is 0 Å². The molecule has 2 heterocycles. The minimum Gasteiger partial charge on any atom is -0.350 e. The van der Waals surface area contributed by atoms with E-state index in [0.717, 1.165) is 13.2 Å². The van der Waals surface area contributed by atoms with Crippen molar-refractivity contribution in [1.82, 2.24) is 4.90 Å². The highest BCUT2D eigenvalue weighted by atomic mass is 16.7. The van der Waals surface area contributed by atoms with E-state index in [1.807, 2.05) is 0 Å². The molecule has 0 amide bonds. The van der Waals surface area contributed by atoms with Gasteiger partial charge in [0.2, 0.25) is 0 Å². The van der Waals surface area contributed by atoms with Crippen LogP contribution in [0.15, 0.2) is 11.6 Å². The predicted molar refractivity (Wildman–Crippen MR) is 80.5 cm³/mol. The molecule has 0 N–H and O–H groups in total. The molecule has 114 valence electrons. The maximum Gasteiger partial charge on any atom is 0.161 e. The van der Waals surface area contributed by atoms with Crippen molar-refractivity contribution in [3.05, 3.63) is 11.6 Å². The Hall–Kier alpha value is -0.380. The Labute approximate surface area is 123 Å². The Morgan fingerprint density at radius 2 is 2.00 bits per heavy atom. The number of allylic oxidation sites excluding steroid dienone is 2. The molecule has 2 fully saturated rings. The minimum absolute atomic E-state index is 0.0111. The van der Waals surface area contributed by atoms with E-state index in [1.165, 1.54) is 37.9 Å². The number of nitrogens with zero attached hydrogens (tertiary/aromatic N) is 1. The van der Waals surface area contributed by atoms with Crippen molar-refractivity contribution >= 4 is 0 Å². The zero-order valence-corrected chi connectivity index (χ0v) is 13.2. The van der Waals surface area contributed by atoms with Gasteiger partial charge in [-0.1, -0.05) is 25.5 Å². The average Bonchev–Trinajstić information content (AvgIpc) is 3.00. The Bertz CT molecular complexity index is 362. The Morgan fingerprint density at radius 1 is 1.25 bits per heavy atom. The lowest BCUT2D eigenvalue weighted by Crippen LogP contribution is -2.36.